The van der Waals surface area contributed by atoms with Crippen molar-refractivity contribution < 1.29 is 18.7 Å². The summed E-state index contributed by atoms with van der Waals surface area (Å²) in [4.78, 5) is 41.3. The Balaban J connectivity index is 2.01. The number of fused-ring (bicyclic) bond motifs is 1. The van der Waals surface area contributed by atoms with E-state index in [0.717, 1.165) is 4.57 Å². The molecular formula is C28H34FN5O5S. The number of nitrogens with zero attached hydrogens (tertiary/aromatic N) is 4. The summed E-state index contributed by atoms with van der Waals surface area (Å²) in [5.41, 5.74) is -0.207. The van der Waals surface area contributed by atoms with Crippen molar-refractivity contribution in [2.45, 2.75) is 72.4 Å². The summed E-state index contributed by atoms with van der Waals surface area (Å²) in [5.74, 6) is -0.543. The first-order valence-electron chi connectivity index (χ1n) is 13.0. The molecule has 214 valence electrons. The zero-order chi connectivity index (χ0) is 29.3. The minimum absolute atomic E-state index is 0.0649. The van der Waals surface area contributed by atoms with Crippen LogP contribution in [0.15, 0.2) is 46.2 Å². The van der Waals surface area contributed by atoms with E-state index in [1.807, 2.05) is 13.8 Å². The van der Waals surface area contributed by atoms with E-state index in [-0.39, 0.29) is 18.7 Å². The summed E-state index contributed by atoms with van der Waals surface area (Å²) in [6.07, 6.45) is 2.28. The number of aryl methyl sites for hydroxylation is 1. The molecule has 0 aliphatic rings. The fourth-order valence-electron chi connectivity index (χ4n) is 4.65. The molecule has 2 unspecified atom stereocenters. The van der Waals surface area contributed by atoms with Crippen LogP contribution < -0.4 is 21.3 Å². The molecule has 2 atom stereocenters. The van der Waals surface area contributed by atoms with Crippen molar-refractivity contribution in [1.29, 1.82) is 0 Å². The summed E-state index contributed by atoms with van der Waals surface area (Å²) in [6.45, 7) is 10.5. The van der Waals surface area contributed by atoms with E-state index in [9.17, 15) is 18.8 Å². The molecular weight excluding hydrogens is 537 g/mol. The van der Waals surface area contributed by atoms with Gasteiger partial charge in [0, 0.05) is 29.6 Å². The zero-order valence-corrected chi connectivity index (χ0v) is 24.4. The molecule has 4 aromatic rings. The smallest absolute Gasteiger partial charge is 0.332 e. The molecule has 3 heterocycles. The van der Waals surface area contributed by atoms with Gasteiger partial charge in [0.1, 0.15) is 33.5 Å². The summed E-state index contributed by atoms with van der Waals surface area (Å²) in [6, 6.07) is 4.60. The SMILES string of the molecule is COc1ccc(F)cc1C(Cn1c(=O)n(C(C)C(=O)NC(C)C)c(=O)c2c(C)c(-n3cccn3)sc21)OC(C)C. The van der Waals surface area contributed by atoms with Gasteiger partial charge in [-0.05, 0) is 65.8 Å². The van der Waals surface area contributed by atoms with E-state index in [0.29, 0.717) is 32.1 Å². The average Bonchev–Trinajstić information content (AvgIpc) is 3.53. The Kier molecular flexibility index (Phi) is 8.59. The van der Waals surface area contributed by atoms with Crippen molar-refractivity contribution in [3.8, 4) is 10.8 Å². The van der Waals surface area contributed by atoms with Crippen molar-refractivity contribution in [2.75, 3.05) is 7.11 Å². The number of carbonyl (C=O) groups is 1. The molecule has 0 saturated carbocycles. The van der Waals surface area contributed by atoms with E-state index < -0.39 is 35.1 Å². The maximum Gasteiger partial charge on any atom is 0.332 e. The fourth-order valence-corrected chi connectivity index (χ4v) is 5.90. The second-order valence-electron chi connectivity index (χ2n) is 10.1. The van der Waals surface area contributed by atoms with Crippen LogP contribution >= 0.6 is 11.3 Å². The van der Waals surface area contributed by atoms with E-state index in [1.165, 1.54) is 48.1 Å². The van der Waals surface area contributed by atoms with Crippen LogP contribution in [0.1, 0.15) is 57.9 Å². The highest BCUT2D eigenvalue weighted by atomic mass is 32.1. The molecule has 4 rings (SSSR count). The van der Waals surface area contributed by atoms with Gasteiger partial charge < -0.3 is 14.8 Å². The Morgan fingerprint density at radius 1 is 1.18 bits per heavy atom. The molecule has 10 nitrogen and oxygen atoms in total. The highest BCUT2D eigenvalue weighted by Gasteiger charge is 2.29. The Morgan fingerprint density at radius 3 is 2.50 bits per heavy atom. The molecule has 0 spiro atoms. The summed E-state index contributed by atoms with van der Waals surface area (Å²) < 4.78 is 30.1. The first-order chi connectivity index (χ1) is 18.9. The van der Waals surface area contributed by atoms with Crippen LogP contribution in [-0.2, 0) is 16.1 Å². The third kappa shape index (κ3) is 5.59. The lowest BCUT2D eigenvalue weighted by Gasteiger charge is -2.25. The molecule has 1 aromatic carbocycles. The molecule has 0 bridgehead atoms. The number of methoxy groups -OCH3 is 1. The molecule has 1 amide bonds. The molecule has 0 aliphatic carbocycles. The minimum atomic E-state index is -1.08. The van der Waals surface area contributed by atoms with E-state index in [2.05, 4.69) is 10.4 Å². The van der Waals surface area contributed by atoms with Gasteiger partial charge in [0.2, 0.25) is 5.91 Å². The van der Waals surface area contributed by atoms with Crippen LogP contribution in [0.4, 0.5) is 4.39 Å². The van der Waals surface area contributed by atoms with Gasteiger partial charge in [-0.2, -0.15) is 5.10 Å². The lowest BCUT2D eigenvalue weighted by atomic mass is 10.1. The molecule has 3 aromatic heterocycles. The standard InChI is InChI=1S/C28H34FN5O5S/c1-15(2)31-24(35)18(6)34-25(36)23-17(5)26(33-12-8-11-30-33)40-27(23)32(28(34)37)14-22(39-16(3)4)20-13-19(29)9-10-21(20)38-7/h8-13,15-16,18,22H,14H2,1-7H3,(H,31,35). The van der Waals surface area contributed by atoms with Crippen molar-refractivity contribution in [2.24, 2.45) is 0 Å². The topological polar surface area (TPSA) is 109 Å². The number of hydrogen-bond donors (Lipinski definition) is 1. The van der Waals surface area contributed by atoms with E-state index in [4.69, 9.17) is 9.47 Å². The molecule has 0 saturated heterocycles. The van der Waals surface area contributed by atoms with Crippen LogP contribution in [-0.4, -0.2) is 44.1 Å². The predicted octanol–water partition coefficient (Wildman–Crippen LogP) is 4.12. The predicted molar refractivity (Wildman–Crippen MR) is 152 cm³/mol. The van der Waals surface area contributed by atoms with Crippen LogP contribution in [0.3, 0.4) is 0 Å². The Bertz CT molecular complexity index is 1640. The highest BCUT2D eigenvalue weighted by Crippen LogP contribution is 2.34. The minimum Gasteiger partial charge on any atom is -0.496 e. The van der Waals surface area contributed by atoms with Gasteiger partial charge in [-0.1, -0.05) is 11.3 Å². The van der Waals surface area contributed by atoms with Crippen LogP contribution in [0.25, 0.3) is 15.2 Å². The van der Waals surface area contributed by atoms with Crippen molar-refractivity contribution in [3.63, 3.8) is 0 Å². The van der Waals surface area contributed by atoms with Gasteiger partial charge in [0.05, 0.1) is 25.1 Å². The number of thiophene rings is 1. The number of rotatable bonds is 10. The van der Waals surface area contributed by atoms with Gasteiger partial charge in [0.25, 0.3) is 5.56 Å². The third-order valence-electron chi connectivity index (χ3n) is 6.45. The molecule has 0 radical (unpaired) electrons. The second-order valence-corrected chi connectivity index (χ2v) is 11.1. The number of hydrogen-bond acceptors (Lipinski definition) is 7. The van der Waals surface area contributed by atoms with E-state index in [1.54, 1.807) is 43.9 Å². The third-order valence-corrected chi connectivity index (χ3v) is 7.76. The van der Waals surface area contributed by atoms with Gasteiger partial charge in [-0.25, -0.2) is 18.4 Å². The lowest BCUT2D eigenvalue weighted by molar-refractivity contribution is -0.124. The molecule has 0 fully saturated rings. The van der Waals surface area contributed by atoms with Gasteiger partial charge in [-0.15, -0.1) is 0 Å². The van der Waals surface area contributed by atoms with Crippen LogP contribution in [0, 0.1) is 12.7 Å². The Morgan fingerprint density at radius 2 is 1.90 bits per heavy atom. The Labute approximate surface area is 235 Å². The first kappa shape index (κ1) is 29.2. The van der Waals surface area contributed by atoms with Crippen molar-refractivity contribution >= 4 is 27.5 Å². The zero-order valence-electron chi connectivity index (χ0n) is 23.6. The maximum atomic E-state index is 14.4. The number of nitrogens with one attached hydrogen (secondary N) is 1. The number of benzene rings is 1. The molecule has 40 heavy (non-hydrogen) atoms. The average molecular weight is 572 g/mol. The molecule has 1 N–H and O–H groups in total. The Hall–Kier alpha value is -3.77. The normalized spacial score (nSPS) is 13.2. The monoisotopic (exact) mass is 571 g/mol. The first-order valence-corrected chi connectivity index (χ1v) is 13.8. The summed E-state index contributed by atoms with van der Waals surface area (Å²) >= 11 is 1.23. The molecule has 0 aliphatic heterocycles. The van der Waals surface area contributed by atoms with Crippen LogP contribution in [0.5, 0.6) is 5.75 Å². The number of ether oxygens (including phenoxy) is 2. The number of halogens is 1. The highest BCUT2D eigenvalue weighted by molar-refractivity contribution is 7.21. The van der Waals surface area contributed by atoms with Crippen LogP contribution in [0.2, 0.25) is 0 Å². The van der Waals surface area contributed by atoms with Gasteiger partial charge >= 0.3 is 5.69 Å². The number of carbonyl (C=O) groups excluding carboxylic acids is 1. The number of aromatic nitrogens is 4. The maximum absolute atomic E-state index is 14.4. The largest absolute Gasteiger partial charge is 0.496 e. The molecule has 12 heteroatoms. The van der Waals surface area contributed by atoms with Gasteiger partial charge in [0.15, 0.2) is 0 Å². The fraction of sp³-hybridized carbons (Fsp3) is 0.429. The number of amides is 1. The van der Waals surface area contributed by atoms with Crippen molar-refractivity contribution in [3.05, 3.63) is 74.4 Å². The second kappa shape index (κ2) is 11.8. The summed E-state index contributed by atoms with van der Waals surface area (Å²) in [7, 11) is 1.47. The lowest BCUT2D eigenvalue weighted by Crippen LogP contribution is -2.47. The van der Waals surface area contributed by atoms with Gasteiger partial charge in [-0.3, -0.25) is 14.2 Å². The summed E-state index contributed by atoms with van der Waals surface area (Å²) in [5, 5.41) is 8.04. The van der Waals surface area contributed by atoms with Crippen molar-refractivity contribution in [1.82, 2.24) is 24.2 Å². The van der Waals surface area contributed by atoms with E-state index >= 15 is 0 Å². The quantitative estimate of drug-likeness (QED) is 0.307.